The molecule has 1 heterocycles. The zero-order chi connectivity index (χ0) is 26.4. The standard InChI is InChI=1S/C33H32N2O2/c1-5-8-28-23(4)9-7-10-29(28)24-15-17-25(18-16-24)32-27(6-2)30(19-20-35-37)33(34-21-31(32)36)26-13-11-22(3)12-14-26/h5-19,32H,20-21H2,1-4H3/b8-5-,27-6+,30-19+. The van der Waals surface area contributed by atoms with E-state index in [0.29, 0.717) is 0 Å². The van der Waals surface area contributed by atoms with Gasteiger partial charge in [0.1, 0.15) is 6.54 Å². The van der Waals surface area contributed by atoms with Gasteiger partial charge in [-0.15, -0.1) is 0 Å². The quantitative estimate of drug-likeness (QED) is 0.332. The van der Waals surface area contributed by atoms with E-state index < -0.39 is 5.92 Å². The van der Waals surface area contributed by atoms with Crippen LogP contribution >= 0.6 is 0 Å². The molecule has 3 aromatic rings. The third-order valence-electron chi connectivity index (χ3n) is 6.81. The molecule has 0 fully saturated rings. The van der Waals surface area contributed by atoms with Crippen molar-refractivity contribution in [3.05, 3.63) is 129 Å². The lowest BCUT2D eigenvalue weighted by molar-refractivity contribution is -0.118. The maximum Gasteiger partial charge on any atom is 0.166 e. The lowest BCUT2D eigenvalue weighted by Gasteiger charge is -2.21. The predicted octanol–water partition coefficient (Wildman–Crippen LogP) is 7.80. The number of hydrogen-bond acceptors (Lipinski definition) is 4. The van der Waals surface area contributed by atoms with Crippen LogP contribution in [-0.2, 0) is 4.79 Å². The first-order chi connectivity index (χ1) is 18.0. The maximum atomic E-state index is 13.5. The largest absolute Gasteiger partial charge is 0.297 e. The Hall–Kier alpha value is -4.18. The predicted molar refractivity (Wildman–Crippen MR) is 154 cm³/mol. The van der Waals surface area contributed by atoms with Crippen molar-refractivity contribution in [2.24, 2.45) is 10.2 Å². The summed E-state index contributed by atoms with van der Waals surface area (Å²) >= 11 is 0. The molecule has 186 valence electrons. The topological polar surface area (TPSA) is 58.9 Å². The van der Waals surface area contributed by atoms with E-state index >= 15 is 0 Å². The van der Waals surface area contributed by atoms with Crippen LogP contribution in [0.4, 0.5) is 0 Å². The van der Waals surface area contributed by atoms with Crippen LogP contribution in [0, 0.1) is 18.8 Å². The number of nitroso groups, excluding NO2 is 1. The van der Waals surface area contributed by atoms with Crippen molar-refractivity contribution < 1.29 is 4.79 Å². The normalized spacial score (nSPS) is 18.3. The summed E-state index contributed by atoms with van der Waals surface area (Å²) in [5, 5.41) is 3.06. The molecule has 1 atom stereocenters. The van der Waals surface area contributed by atoms with Gasteiger partial charge >= 0.3 is 0 Å². The summed E-state index contributed by atoms with van der Waals surface area (Å²) in [6.45, 7) is 8.18. The molecule has 1 aliphatic rings. The molecule has 4 heteroatoms. The van der Waals surface area contributed by atoms with Crippen molar-refractivity contribution in [1.82, 2.24) is 0 Å². The minimum Gasteiger partial charge on any atom is -0.297 e. The van der Waals surface area contributed by atoms with Gasteiger partial charge < -0.3 is 0 Å². The fourth-order valence-corrected chi connectivity index (χ4v) is 4.96. The van der Waals surface area contributed by atoms with Crippen LogP contribution in [0.1, 0.15) is 47.6 Å². The van der Waals surface area contributed by atoms with Crippen molar-refractivity contribution in [1.29, 1.82) is 0 Å². The van der Waals surface area contributed by atoms with Crippen molar-refractivity contribution in [3.63, 3.8) is 0 Å². The highest BCUT2D eigenvalue weighted by molar-refractivity contribution is 6.18. The van der Waals surface area contributed by atoms with E-state index in [0.717, 1.165) is 44.7 Å². The number of ketones is 1. The van der Waals surface area contributed by atoms with E-state index in [-0.39, 0.29) is 18.9 Å². The van der Waals surface area contributed by atoms with Crippen LogP contribution in [-0.4, -0.2) is 24.6 Å². The molecule has 0 amide bonds. The van der Waals surface area contributed by atoms with E-state index in [1.54, 1.807) is 6.08 Å². The first-order valence-electron chi connectivity index (χ1n) is 12.6. The molecule has 4 nitrogen and oxygen atoms in total. The van der Waals surface area contributed by atoms with Crippen LogP contribution in [0.2, 0.25) is 0 Å². The first-order valence-corrected chi connectivity index (χ1v) is 12.6. The Morgan fingerprint density at radius 2 is 1.65 bits per heavy atom. The number of Topliss-reactive ketones (excluding diaryl/α,β-unsaturated/α-hetero) is 1. The molecule has 4 rings (SSSR count). The SMILES string of the molecule is C/C=C\c1c(C)cccc1-c1ccc(C2C(=O)CN=C(c3ccc(C)cc3)C(=C/CN=O)/C2=C\C)cc1. The Morgan fingerprint density at radius 3 is 2.30 bits per heavy atom. The van der Waals surface area contributed by atoms with Gasteiger partial charge in [-0.3, -0.25) is 9.79 Å². The van der Waals surface area contributed by atoms with Crippen molar-refractivity contribution >= 4 is 17.6 Å². The molecule has 3 aromatic carbocycles. The van der Waals surface area contributed by atoms with Crippen molar-refractivity contribution in [2.75, 3.05) is 13.1 Å². The average molecular weight is 489 g/mol. The third-order valence-corrected chi connectivity index (χ3v) is 6.81. The second kappa shape index (κ2) is 11.7. The third kappa shape index (κ3) is 5.49. The minimum atomic E-state index is -0.476. The van der Waals surface area contributed by atoms with Gasteiger partial charge in [0, 0.05) is 11.1 Å². The van der Waals surface area contributed by atoms with Crippen molar-refractivity contribution in [3.8, 4) is 11.1 Å². The first kappa shape index (κ1) is 25.9. The Labute approximate surface area is 219 Å². The number of allylic oxidation sites excluding steroid dienone is 4. The van der Waals surface area contributed by atoms with Gasteiger partial charge in [-0.2, -0.15) is 4.91 Å². The zero-order valence-electron chi connectivity index (χ0n) is 21.9. The number of carbonyl (C=O) groups is 1. The number of hydrogen-bond donors (Lipinski definition) is 0. The van der Waals surface area contributed by atoms with Crippen molar-refractivity contribution in [2.45, 2.75) is 33.6 Å². The summed E-state index contributed by atoms with van der Waals surface area (Å²) < 4.78 is 0. The average Bonchev–Trinajstić information content (AvgIpc) is 3.05. The summed E-state index contributed by atoms with van der Waals surface area (Å²) in [6.07, 6.45) is 7.94. The molecule has 1 unspecified atom stereocenters. The molecule has 0 radical (unpaired) electrons. The molecule has 1 aliphatic heterocycles. The smallest absolute Gasteiger partial charge is 0.166 e. The summed E-state index contributed by atoms with van der Waals surface area (Å²) in [7, 11) is 0. The van der Waals surface area contributed by atoms with E-state index in [2.05, 4.69) is 54.6 Å². The molecule has 0 spiro atoms. The summed E-state index contributed by atoms with van der Waals surface area (Å²) in [5.41, 5.74) is 10.0. The lowest BCUT2D eigenvalue weighted by Crippen LogP contribution is -2.17. The zero-order valence-corrected chi connectivity index (χ0v) is 21.9. The van der Waals surface area contributed by atoms with Crippen LogP contribution in [0.5, 0.6) is 0 Å². The van der Waals surface area contributed by atoms with E-state index in [1.165, 1.54) is 11.1 Å². The molecule has 0 saturated heterocycles. The lowest BCUT2D eigenvalue weighted by atomic mass is 9.81. The Balaban J connectivity index is 1.77. The van der Waals surface area contributed by atoms with Crippen LogP contribution in [0.15, 0.2) is 106 Å². The molecule has 37 heavy (non-hydrogen) atoms. The highest BCUT2D eigenvalue weighted by Gasteiger charge is 2.31. The molecular weight excluding hydrogens is 456 g/mol. The number of benzene rings is 3. The minimum absolute atomic E-state index is 0.0124. The molecule has 0 aliphatic carbocycles. The van der Waals surface area contributed by atoms with Gasteiger partial charge in [-0.25, -0.2) is 0 Å². The fraction of sp³-hybridized carbons (Fsp3) is 0.212. The number of nitrogens with zero attached hydrogens (tertiary/aromatic N) is 2. The van der Waals surface area contributed by atoms with E-state index in [1.807, 2.05) is 63.2 Å². The summed E-state index contributed by atoms with van der Waals surface area (Å²) in [5.74, 6) is -0.450. The fourth-order valence-electron chi connectivity index (χ4n) is 4.96. The van der Waals surface area contributed by atoms with Gasteiger partial charge in [0.05, 0.1) is 18.2 Å². The number of rotatable bonds is 6. The highest BCUT2D eigenvalue weighted by Crippen LogP contribution is 2.36. The van der Waals surface area contributed by atoms with Gasteiger partial charge in [-0.05, 0) is 67.2 Å². The van der Waals surface area contributed by atoms with Crippen LogP contribution in [0.25, 0.3) is 17.2 Å². The maximum absolute atomic E-state index is 13.5. The second-order valence-electron chi connectivity index (χ2n) is 9.26. The van der Waals surface area contributed by atoms with Gasteiger partial charge in [-0.1, -0.05) is 95.7 Å². The number of aliphatic imine (C=N–C) groups is 1. The Kier molecular flexibility index (Phi) is 8.19. The Morgan fingerprint density at radius 1 is 0.946 bits per heavy atom. The second-order valence-corrected chi connectivity index (χ2v) is 9.26. The summed E-state index contributed by atoms with van der Waals surface area (Å²) in [6, 6.07) is 22.6. The molecule has 0 N–H and O–H groups in total. The molecule has 0 saturated carbocycles. The molecule has 0 bridgehead atoms. The van der Waals surface area contributed by atoms with Gasteiger partial charge in [0.15, 0.2) is 5.78 Å². The molecular formula is C33H32N2O2. The van der Waals surface area contributed by atoms with Crippen LogP contribution in [0.3, 0.4) is 0 Å². The highest BCUT2D eigenvalue weighted by atomic mass is 16.3. The van der Waals surface area contributed by atoms with Gasteiger partial charge in [0.2, 0.25) is 0 Å². The summed E-state index contributed by atoms with van der Waals surface area (Å²) in [4.78, 5) is 29.3. The van der Waals surface area contributed by atoms with E-state index in [9.17, 15) is 9.70 Å². The van der Waals surface area contributed by atoms with Crippen LogP contribution < -0.4 is 0 Å². The number of aryl methyl sites for hydroxylation is 2. The monoisotopic (exact) mass is 488 g/mol. The van der Waals surface area contributed by atoms with E-state index in [4.69, 9.17) is 4.99 Å². The number of carbonyl (C=O) groups excluding carboxylic acids is 1. The molecule has 0 aromatic heterocycles. The van der Waals surface area contributed by atoms with Gasteiger partial charge in [0.25, 0.3) is 0 Å². The Bertz CT molecular complexity index is 1420.